The Labute approximate surface area is 170 Å². The molecule has 156 valence electrons. The highest BCUT2D eigenvalue weighted by Gasteiger charge is 2.35. The van der Waals surface area contributed by atoms with E-state index in [4.69, 9.17) is 4.74 Å². The maximum atomic E-state index is 12.7. The molecule has 0 aliphatic carbocycles. The number of β-amino-alcohol motifs (C(OH)–C–C–N with tert-alkyl or cyclic N) is 1. The van der Waals surface area contributed by atoms with Crippen LogP contribution in [0.3, 0.4) is 0 Å². The molecule has 0 saturated carbocycles. The van der Waals surface area contributed by atoms with Crippen molar-refractivity contribution >= 4 is 29.0 Å². The number of carbonyl (C=O) groups excluding carboxylic acids is 3. The van der Waals surface area contributed by atoms with Crippen LogP contribution in [0.4, 0.5) is 11.4 Å². The third-order valence-electron chi connectivity index (χ3n) is 5.32. The third kappa shape index (κ3) is 4.42. The zero-order chi connectivity index (χ0) is 21.0. The average molecular weight is 401 g/mol. The normalized spacial score (nSPS) is 17.0. The molecule has 0 aromatic heterocycles. The van der Waals surface area contributed by atoms with Gasteiger partial charge in [-0.2, -0.15) is 0 Å². The van der Waals surface area contributed by atoms with E-state index in [1.165, 1.54) is 25.4 Å². The number of ketones is 1. The number of ether oxygens (including phenoxy) is 1. The highest BCUT2D eigenvalue weighted by molar-refractivity contribution is 6.10. The zero-order valence-electron chi connectivity index (χ0n) is 16.9. The van der Waals surface area contributed by atoms with E-state index >= 15 is 0 Å². The van der Waals surface area contributed by atoms with Crippen molar-refractivity contribution in [1.29, 1.82) is 0 Å². The molecule has 0 atom stereocenters. The van der Waals surface area contributed by atoms with E-state index in [0.717, 1.165) is 31.6 Å². The lowest BCUT2D eigenvalue weighted by Crippen LogP contribution is -2.31. The van der Waals surface area contributed by atoms with Gasteiger partial charge >= 0.3 is 5.97 Å². The van der Waals surface area contributed by atoms with Crippen molar-refractivity contribution in [3.8, 4) is 0 Å². The van der Waals surface area contributed by atoms with Gasteiger partial charge in [0.2, 0.25) is 0 Å². The van der Waals surface area contributed by atoms with Gasteiger partial charge in [0.15, 0.2) is 5.78 Å². The summed E-state index contributed by atoms with van der Waals surface area (Å²) < 4.78 is 4.80. The Bertz CT molecular complexity index is 843. The number of carbonyl (C=O) groups is 3. The molecule has 1 aromatic carbocycles. The molecular weight excluding hydrogens is 374 g/mol. The summed E-state index contributed by atoms with van der Waals surface area (Å²) in [5.41, 5.74) is 2.16. The van der Waals surface area contributed by atoms with Crippen LogP contribution < -0.4 is 10.2 Å². The van der Waals surface area contributed by atoms with E-state index in [9.17, 15) is 19.5 Å². The summed E-state index contributed by atoms with van der Waals surface area (Å²) in [5.74, 6) is -1.16. The Morgan fingerprint density at radius 1 is 1.21 bits per heavy atom. The number of piperidine rings is 1. The fraction of sp³-hybridized carbons (Fsp3) is 0.476. The number of aliphatic hydroxyl groups excluding tert-OH is 1. The van der Waals surface area contributed by atoms with Crippen LogP contribution in [0.1, 0.15) is 36.5 Å². The third-order valence-corrected chi connectivity index (χ3v) is 5.32. The van der Waals surface area contributed by atoms with Gasteiger partial charge in [0.1, 0.15) is 5.70 Å². The molecule has 1 amide bonds. The van der Waals surface area contributed by atoms with Gasteiger partial charge in [0, 0.05) is 36.6 Å². The molecule has 0 radical (unpaired) electrons. The van der Waals surface area contributed by atoms with Gasteiger partial charge in [-0.1, -0.05) is 0 Å². The standard InChI is InChI=1S/C21H27N3O5/c1-14(26)16-12-15(23-8-4-3-5-9-23)6-7-18(16)22-19-17(21(28)29-2)13-24(10-11-25)20(19)27/h6-7,12,22,25H,3-5,8-11,13H2,1-2H3. The summed E-state index contributed by atoms with van der Waals surface area (Å²) in [6, 6.07) is 5.52. The summed E-state index contributed by atoms with van der Waals surface area (Å²) in [6.45, 7) is 3.34. The number of nitrogens with zero attached hydrogens (tertiary/aromatic N) is 2. The number of aliphatic hydroxyl groups is 1. The first kappa shape index (κ1) is 20.9. The van der Waals surface area contributed by atoms with Crippen LogP contribution in [0.15, 0.2) is 29.5 Å². The lowest BCUT2D eigenvalue weighted by Gasteiger charge is -2.29. The minimum atomic E-state index is -0.615. The zero-order valence-corrected chi connectivity index (χ0v) is 16.9. The Hall–Kier alpha value is -2.87. The number of amides is 1. The number of esters is 1. The van der Waals surface area contributed by atoms with E-state index in [2.05, 4.69) is 10.2 Å². The van der Waals surface area contributed by atoms with Gasteiger partial charge < -0.3 is 25.0 Å². The van der Waals surface area contributed by atoms with Gasteiger partial charge in [-0.25, -0.2) is 4.79 Å². The molecular formula is C21H27N3O5. The van der Waals surface area contributed by atoms with E-state index in [0.29, 0.717) is 11.3 Å². The molecule has 1 fully saturated rings. The number of methoxy groups -OCH3 is 1. The number of hydrogen-bond acceptors (Lipinski definition) is 7. The molecule has 29 heavy (non-hydrogen) atoms. The topological polar surface area (TPSA) is 99.2 Å². The fourth-order valence-electron chi connectivity index (χ4n) is 3.76. The molecule has 2 aliphatic heterocycles. The van der Waals surface area contributed by atoms with Crippen molar-refractivity contribution < 1.29 is 24.2 Å². The van der Waals surface area contributed by atoms with Crippen LogP contribution in [-0.4, -0.2) is 67.6 Å². The fourth-order valence-corrected chi connectivity index (χ4v) is 3.76. The number of anilines is 2. The predicted molar refractivity (Wildman–Crippen MR) is 109 cm³/mol. The van der Waals surface area contributed by atoms with Crippen LogP contribution in [-0.2, 0) is 14.3 Å². The van der Waals surface area contributed by atoms with Crippen LogP contribution in [0.5, 0.6) is 0 Å². The maximum Gasteiger partial charge on any atom is 0.337 e. The first-order valence-electron chi connectivity index (χ1n) is 9.84. The van der Waals surface area contributed by atoms with Crippen molar-refractivity contribution in [2.75, 3.05) is 50.1 Å². The number of hydrogen-bond donors (Lipinski definition) is 2. The number of rotatable bonds is 7. The largest absolute Gasteiger partial charge is 0.466 e. The second-order valence-electron chi connectivity index (χ2n) is 7.25. The summed E-state index contributed by atoms with van der Waals surface area (Å²) in [6.07, 6.45) is 3.46. The van der Waals surface area contributed by atoms with Crippen molar-refractivity contribution in [3.63, 3.8) is 0 Å². The van der Waals surface area contributed by atoms with Crippen LogP contribution in [0.25, 0.3) is 0 Å². The summed E-state index contributed by atoms with van der Waals surface area (Å²) in [7, 11) is 1.25. The molecule has 0 spiro atoms. The van der Waals surface area contributed by atoms with Gasteiger partial charge in [-0.15, -0.1) is 0 Å². The minimum absolute atomic E-state index is 0.0513. The molecule has 8 heteroatoms. The van der Waals surface area contributed by atoms with E-state index in [1.807, 2.05) is 12.1 Å². The van der Waals surface area contributed by atoms with Gasteiger partial charge in [-0.3, -0.25) is 9.59 Å². The van der Waals surface area contributed by atoms with Crippen LogP contribution >= 0.6 is 0 Å². The van der Waals surface area contributed by atoms with Crippen molar-refractivity contribution in [2.24, 2.45) is 0 Å². The Kier molecular flexibility index (Phi) is 6.53. The Morgan fingerprint density at radius 3 is 2.55 bits per heavy atom. The predicted octanol–water partition coefficient (Wildman–Crippen LogP) is 1.55. The van der Waals surface area contributed by atoms with Crippen LogP contribution in [0, 0.1) is 0 Å². The number of nitrogens with one attached hydrogen (secondary N) is 1. The Morgan fingerprint density at radius 2 is 1.93 bits per heavy atom. The first-order valence-corrected chi connectivity index (χ1v) is 9.84. The quantitative estimate of drug-likeness (QED) is 0.528. The smallest absolute Gasteiger partial charge is 0.337 e. The van der Waals surface area contributed by atoms with Gasteiger partial charge in [0.05, 0.1) is 25.8 Å². The summed E-state index contributed by atoms with van der Waals surface area (Å²) in [4.78, 5) is 40.8. The number of Topliss-reactive ketones (excluding diaryl/α,β-unsaturated/α-hetero) is 1. The SMILES string of the molecule is COC(=O)C1=C(Nc2ccc(N3CCCCC3)cc2C(C)=O)C(=O)N(CCO)C1. The molecule has 2 aliphatic rings. The van der Waals surface area contributed by atoms with E-state index in [-0.39, 0.29) is 36.7 Å². The minimum Gasteiger partial charge on any atom is -0.466 e. The average Bonchev–Trinajstić information content (AvgIpc) is 3.04. The lowest BCUT2D eigenvalue weighted by atomic mass is 10.0. The maximum absolute atomic E-state index is 12.7. The lowest BCUT2D eigenvalue weighted by molar-refractivity contribution is -0.136. The summed E-state index contributed by atoms with van der Waals surface area (Å²) in [5, 5.41) is 12.2. The monoisotopic (exact) mass is 401 g/mol. The molecule has 8 nitrogen and oxygen atoms in total. The second-order valence-corrected chi connectivity index (χ2v) is 7.25. The molecule has 0 unspecified atom stereocenters. The molecule has 1 saturated heterocycles. The molecule has 1 aromatic rings. The van der Waals surface area contributed by atoms with E-state index < -0.39 is 11.9 Å². The van der Waals surface area contributed by atoms with Gasteiger partial charge in [0.25, 0.3) is 5.91 Å². The molecule has 2 heterocycles. The van der Waals surface area contributed by atoms with Crippen molar-refractivity contribution in [1.82, 2.24) is 4.90 Å². The van der Waals surface area contributed by atoms with Crippen LogP contribution in [0.2, 0.25) is 0 Å². The van der Waals surface area contributed by atoms with Gasteiger partial charge in [-0.05, 0) is 44.4 Å². The second kappa shape index (κ2) is 9.09. The van der Waals surface area contributed by atoms with E-state index in [1.54, 1.807) is 6.07 Å². The molecule has 2 N–H and O–H groups in total. The van der Waals surface area contributed by atoms with Crippen molar-refractivity contribution in [3.05, 3.63) is 35.0 Å². The Balaban J connectivity index is 1.93. The number of benzene rings is 1. The summed E-state index contributed by atoms with van der Waals surface area (Å²) >= 11 is 0. The first-order chi connectivity index (χ1) is 14.0. The highest BCUT2D eigenvalue weighted by atomic mass is 16.5. The molecule has 0 bridgehead atoms. The molecule has 3 rings (SSSR count). The highest BCUT2D eigenvalue weighted by Crippen LogP contribution is 2.29. The van der Waals surface area contributed by atoms with Crippen molar-refractivity contribution in [2.45, 2.75) is 26.2 Å².